The Hall–Kier alpha value is -0.370. The van der Waals surface area contributed by atoms with Crippen molar-refractivity contribution in [2.75, 3.05) is 6.61 Å². The van der Waals surface area contributed by atoms with Gasteiger partial charge in [0.25, 0.3) is 0 Å². The number of hydrogen-bond donors (Lipinski definition) is 0. The molecule has 13 heavy (non-hydrogen) atoms. The number of carbonyl (C=O) groups is 1. The molecular weight excluding hydrogens is 164 g/mol. The first kappa shape index (κ1) is 10.7. The van der Waals surface area contributed by atoms with Crippen molar-refractivity contribution in [2.24, 2.45) is 5.92 Å². The van der Waals surface area contributed by atoms with Gasteiger partial charge in [-0.25, -0.2) is 0 Å². The Morgan fingerprint density at radius 3 is 2.62 bits per heavy atom. The van der Waals surface area contributed by atoms with Gasteiger partial charge in [-0.15, -0.1) is 0 Å². The highest BCUT2D eigenvalue weighted by atomic mass is 16.5. The molecule has 0 aliphatic heterocycles. The van der Waals surface area contributed by atoms with Gasteiger partial charge >= 0.3 is 0 Å². The lowest BCUT2D eigenvalue weighted by Crippen LogP contribution is -2.16. The molecule has 1 fully saturated rings. The fourth-order valence-electron chi connectivity index (χ4n) is 1.94. The zero-order valence-corrected chi connectivity index (χ0v) is 8.71. The molecule has 0 aromatic heterocycles. The van der Waals surface area contributed by atoms with E-state index in [1.807, 2.05) is 6.92 Å². The van der Waals surface area contributed by atoms with Crippen molar-refractivity contribution in [1.29, 1.82) is 0 Å². The van der Waals surface area contributed by atoms with Gasteiger partial charge in [-0.1, -0.05) is 12.8 Å². The average molecular weight is 184 g/mol. The second-order valence-electron chi connectivity index (χ2n) is 4.20. The molecule has 0 radical (unpaired) electrons. The lowest BCUT2D eigenvalue weighted by atomic mass is 10.1. The summed E-state index contributed by atoms with van der Waals surface area (Å²) in [4.78, 5) is 10.8. The molecule has 0 aromatic carbocycles. The zero-order chi connectivity index (χ0) is 9.68. The molecule has 0 N–H and O–H groups in total. The van der Waals surface area contributed by atoms with E-state index in [1.54, 1.807) is 6.92 Å². The Balaban J connectivity index is 2.06. The third-order valence-corrected chi connectivity index (χ3v) is 2.67. The summed E-state index contributed by atoms with van der Waals surface area (Å²) in [6, 6.07) is 0. The van der Waals surface area contributed by atoms with Gasteiger partial charge in [0.1, 0.15) is 5.78 Å². The maximum absolute atomic E-state index is 10.8. The number of hydrogen-bond acceptors (Lipinski definition) is 2. The van der Waals surface area contributed by atoms with Crippen LogP contribution >= 0.6 is 0 Å². The number of carbonyl (C=O) groups excluding carboxylic acids is 1. The van der Waals surface area contributed by atoms with Crippen LogP contribution < -0.4 is 0 Å². The Morgan fingerprint density at radius 2 is 2.08 bits per heavy atom. The molecule has 1 atom stereocenters. The Morgan fingerprint density at radius 1 is 1.46 bits per heavy atom. The second kappa shape index (κ2) is 5.38. The first-order chi connectivity index (χ1) is 6.18. The molecule has 0 heterocycles. The first-order valence-electron chi connectivity index (χ1n) is 5.29. The van der Waals surface area contributed by atoms with E-state index in [9.17, 15) is 4.79 Å². The summed E-state index contributed by atoms with van der Waals surface area (Å²) < 4.78 is 5.62. The van der Waals surface area contributed by atoms with Gasteiger partial charge in [0.15, 0.2) is 0 Å². The van der Waals surface area contributed by atoms with Crippen LogP contribution in [-0.4, -0.2) is 18.5 Å². The van der Waals surface area contributed by atoms with Gasteiger partial charge in [0, 0.05) is 13.0 Å². The predicted molar refractivity (Wildman–Crippen MR) is 52.7 cm³/mol. The Kier molecular flexibility index (Phi) is 4.43. The van der Waals surface area contributed by atoms with Crippen molar-refractivity contribution in [3.63, 3.8) is 0 Å². The SMILES string of the molecule is CC(=O)CC(C)OCC1CCCC1. The molecule has 0 aromatic rings. The predicted octanol–water partition coefficient (Wildman–Crippen LogP) is 2.56. The lowest BCUT2D eigenvalue weighted by Gasteiger charge is -2.14. The van der Waals surface area contributed by atoms with E-state index in [4.69, 9.17) is 4.74 Å². The van der Waals surface area contributed by atoms with Crippen LogP contribution in [0.3, 0.4) is 0 Å². The van der Waals surface area contributed by atoms with Crippen molar-refractivity contribution < 1.29 is 9.53 Å². The van der Waals surface area contributed by atoms with Gasteiger partial charge < -0.3 is 4.74 Å². The third-order valence-electron chi connectivity index (χ3n) is 2.67. The largest absolute Gasteiger partial charge is 0.378 e. The minimum atomic E-state index is 0.109. The van der Waals surface area contributed by atoms with Crippen LogP contribution in [0.1, 0.15) is 46.0 Å². The van der Waals surface area contributed by atoms with Crippen LogP contribution in [0.5, 0.6) is 0 Å². The van der Waals surface area contributed by atoms with E-state index in [1.165, 1.54) is 25.7 Å². The minimum Gasteiger partial charge on any atom is -0.378 e. The summed E-state index contributed by atoms with van der Waals surface area (Å²) in [6.07, 6.45) is 6.01. The monoisotopic (exact) mass is 184 g/mol. The van der Waals surface area contributed by atoms with Gasteiger partial charge in [0.05, 0.1) is 6.10 Å². The smallest absolute Gasteiger partial charge is 0.132 e. The van der Waals surface area contributed by atoms with Crippen molar-refractivity contribution in [1.82, 2.24) is 0 Å². The molecule has 0 bridgehead atoms. The molecule has 0 saturated heterocycles. The van der Waals surface area contributed by atoms with E-state index in [0.717, 1.165) is 12.5 Å². The molecule has 1 rings (SSSR count). The number of Topliss-reactive ketones (excluding diaryl/α,β-unsaturated/α-hetero) is 1. The average Bonchev–Trinajstić information content (AvgIpc) is 2.51. The minimum absolute atomic E-state index is 0.109. The van der Waals surface area contributed by atoms with Crippen LogP contribution in [-0.2, 0) is 9.53 Å². The van der Waals surface area contributed by atoms with Crippen LogP contribution in [0.2, 0.25) is 0 Å². The standard InChI is InChI=1S/C11H20O2/c1-9(12)7-10(2)13-8-11-5-3-4-6-11/h10-11H,3-8H2,1-2H3. The van der Waals surface area contributed by atoms with Crippen molar-refractivity contribution in [3.8, 4) is 0 Å². The topological polar surface area (TPSA) is 26.3 Å². The first-order valence-corrected chi connectivity index (χ1v) is 5.29. The van der Waals surface area contributed by atoms with E-state index in [-0.39, 0.29) is 11.9 Å². The molecule has 2 nitrogen and oxygen atoms in total. The van der Waals surface area contributed by atoms with Crippen LogP contribution in [0.4, 0.5) is 0 Å². The highest BCUT2D eigenvalue weighted by Crippen LogP contribution is 2.25. The van der Waals surface area contributed by atoms with Gasteiger partial charge in [0.2, 0.25) is 0 Å². The molecular formula is C11H20O2. The summed E-state index contributed by atoms with van der Waals surface area (Å²) in [7, 11) is 0. The maximum atomic E-state index is 10.8. The quantitative estimate of drug-likeness (QED) is 0.656. The molecule has 1 saturated carbocycles. The molecule has 0 amide bonds. The summed E-state index contributed by atoms with van der Waals surface area (Å²) in [5, 5.41) is 0. The van der Waals surface area contributed by atoms with E-state index >= 15 is 0 Å². The van der Waals surface area contributed by atoms with Crippen molar-refractivity contribution in [2.45, 2.75) is 52.1 Å². The Bertz CT molecular complexity index is 159. The molecule has 0 spiro atoms. The third kappa shape index (κ3) is 4.41. The number of ketones is 1. The van der Waals surface area contributed by atoms with Gasteiger partial charge in [-0.2, -0.15) is 0 Å². The van der Waals surface area contributed by atoms with Gasteiger partial charge in [-0.3, -0.25) is 4.79 Å². The number of rotatable bonds is 5. The summed E-state index contributed by atoms with van der Waals surface area (Å²) in [5.41, 5.74) is 0. The molecule has 1 aliphatic rings. The zero-order valence-electron chi connectivity index (χ0n) is 8.71. The van der Waals surface area contributed by atoms with Crippen LogP contribution in [0.15, 0.2) is 0 Å². The summed E-state index contributed by atoms with van der Waals surface area (Å²) in [5.74, 6) is 0.980. The van der Waals surface area contributed by atoms with E-state index < -0.39 is 0 Å². The molecule has 2 heteroatoms. The normalized spacial score (nSPS) is 20.5. The highest BCUT2D eigenvalue weighted by Gasteiger charge is 2.16. The molecule has 1 aliphatic carbocycles. The fraction of sp³-hybridized carbons (Fsp3) is 0.909. The fourth-order valence-corrected chi connectivity index (χ4v) is 1.94. The van der Waals surface area contributed by atoms with Crippen molar-refractivity contribution >= 4 is 5.78 Å². The van der Waals surface area contributed by atoms with Crippen LogP contribution in [0.25, 0.3) is 0 Å². The van der Waals surface area contributed by atoms with E-state index in [2.05, 4.69) is 0 Å². The maximum Gasteiger partial charge on any atom is 0.132 e. The molecule has 1 unspecified atom stereocenters. The summed E-state index contributed by atoms with van der Waals surface area (Å²) >= 11 is 0. The van der Waals surface area contributed by atoms with E-state index in [0.29, 0.717) is 6.42 Å². The summed E-state index contributed by atoms with van der Waals surface area (Å²) in [6.45, 7) is 4.46. The lowest BCUT2D eigenvalue weighted by molar-refractivity contribution is -0.119. The van der Waals surface area contributed by atoms with Crippen molar-refractivity contribution in [3.05, 3.63) is 0 Å². The highest BCUT2D eigenvalue weighted by molar-refractivity contribution is 5.75. The van der Waals surface area contributed by atoms with Gasteiger partial charge in [-0.05, 0) is 32.6 Å². The second-order valence-corrected chi connectivity index (χ2v) is 4.20. The molecule has 76 valence electrons. The Labute approximate surface area is 80.7 Å². The number of ether oxygens (including phenoxy) is 1. The van der Waals surface area contributed by atoms with Crippen LogP contribution in [0, 0.1) is 5.92 Å².